The fourth-order valence-corrected chi connectivity index (χ4v) is 5.05. The first-order chi connectivity index (χ1) is 9.38. The molecule has 0 atom stereocenters. The first-order valence-corrected chi connectivity index (χ1v) is 10.2. The third kappa shape index (κ3) is 3.77. The number of hydrogen-bond acceptors (Lipinski definition) is 2. The number of benzene rings is 1. The number of alkyl halides is 1. The van der Waals surface area contributed by atoms with Gasteiger partial charge in [-0.25, -0.2) is 13.1 Å². The average molecular weight is 446 g/mol. The van der Waals surface area contributed by atoms with E-state index in [-0.39, 0.29) is 10.3 Å². The monoisotopic (exact) mass is 443 g/mol. The minimum absolute atomic E-state index is 0.0523. The van der Waals surface area contributed by atoms with E-state index < -0.39 is 10.0 Å². The molecular weight excluding hydrogens is 429 g/mol. The van der Waals surface area contributed by atoms with Gasteiger partial charge in [-0.05, 0) is 52.4 Å². The van der Waals surface area contributed by atoms with E-state index in [0.717, 1.165) is 18.2 Å². The second kappa shape index (κ2) is 6.65. The summed E-state index contributed by atoms with van der Waals surface area (Å²) < 4.78 is 28.0. The van der Waals surface area contributed by atoms with Gasteiger partial charge in [0.15, 0.2) is 0 Å². The van der Waals surface area contributed by atoms with Gasteiger partial charge in [0, 0.05) is 16.3 Å². The summed E-state index contributed by atoms with van der Waals surface area (Å²) in [5, 5.41) is 1.32. The van der Waals surface area contributed by atoms with E-state index in [9.17, 15) is 8.42 Å². The molecule has 1 N–H and O–H groups in total. The van der Waals surface area contributed by atoms with Crippen molar-refractivity contribution in [1.29, 1.82) is 0 Å². The largest absolute Gasteiger partial charge is 0.240 e. The molecule has 1 aromatic rings. The zero-order valence-electron chi connectivity index (χ0n) is 10.8. The first kappa shape index (κ1) is 16.7. The zero-order valence-corrected chi connectivity index (χ0v) is 15.6. The van der Waals surface area contributed by atoms with Crippen molar-refractivity contribution < 1.29 is 8.42 Å². The lowest BCUT2D eigenvalue weighted by atomic mass is 9.89. The van der Waals surface area contributed by atoms with E-state index >= 15 is 0 Å². The van der Waals surface area contributed by atoms with Crippen LogP contribution in [0.5, 0.6) is 0 Å². The number of halogens is 3. The minimum Gasteiger partial charge on any atom is -0.211 e. The van der Waals surface area contributed by atoms with Crippen LogP contribution in [0, 0.1) is 5.41 Å². The summed E-state index contributed by atoms with van der Waals surface area (Å²) in [5.74, 6) is 0. The SMILES string of the molecule is O=S(=O)(NCC1(CBr)CCCC1)c1ccc(Cl)c(Br)c1. The molecule has 1 aliphatic rings. The summed E-state index contributed by atoms with van der Waals surface area (Å²) >= 11 is 12.7. The Morgan fingerprint density at radius 3 is 2.50 bits per heavy atom. The Kier molecular flexibility index (Phi) is 5.57. The summed E-state index contributed by atoms with van der Waals surface area (Å²) in [6, 6.07) is 4.63. The lowest BCUT2D eigenvalue weighted by Gasteiger charge is -2.26. The maximum Gasteiger partial charge on any atom is 0.240 e. The van der Waals surface area contributed by atoms with Gasteiger partial charge in [0.25, 0.3) is 0 Å². The topological polar surface area (TPSA) is 46.2 Å². The van der Waals surface area contributed by atoms with Gasteiger partial charge in [-0.15, -0.1) is 0 Å². The molecule has 0 radical (unpaired) electrons. The van der Waals surface area contributed by atoms with Crippen LogP contribution in [0.2, 0.25) is 5.02 Å². The Morgan fingerprint density at radius 1 is 1.30 bits per heavy atom. The summed E-state index contributed by atoms with van der Waals surface area (Å²) in [5.41, 5.74) is 0.0523. The van der Waals surface area contributed by atoms with Crippen molar-refractivity contribution in [2.75, 3.05) is 11.9 Å². The number of sulfonamides is 1. The van der Waals surface area contributed by atoms with Crippen LogP contribution in [0.4, 0.5) is 0 Å². The fourth-order valence-electron chi connectivity index (χ4n) is 2.46. The van der Waals surface area contributed by atoms with Crippen LogP contribution in [0.25, 0.3) is 0 Å². The molecule has 0 heterocycles. The minimum atomic E-state index is -3.49. The first-order valence-electron chi connectivity index (χ1n) is 6.39. The Hall–Kier alpha value is 0.380. The number of nitrogens with one attached hydrogen (secondary N) is 1. The summed E-state index contributed by atoms with van der Waals surface area (Å²) in [4.78, 5) is 0.233. The van der Waals surface area contributed by atoms with Crippen molar-refractivity contribution in [3.63, 3.8) is 0 Å². The van der Waals surface area contributed by atoms with Crippen molar-refractivity contribution in [1.82, 2.24) is 4.72 Å². The van der Waals surface area contributed by atoms with Crippen LogP contribution in [0.3, 0.4) is 0 Å². The Bertz CT molecular complexity index is 586. The van der Waals surface area contributed by atoms with Gasteiger partial charge in [0.1, 0.15) is 0 Å². The molecule has 20 heavy (non-hydrogen) atoms. The van der Waals surface area contributed by atoms with Crippen LogP contribution in [0.1, 0.15) is 25.7 Å². The molecule has 7 heteroatoms. The van der Waals surface area contributed by atoms with Crippen LogP contribution in [0.15, 0.2) is 27.6 Å². The van der Waals surface area contributed by atoms with Gasteiger partial charge in [-0.1, -0.05) is 40.4 Å². The standard InChI is InChI=1S/C13H16Br2ClNO2S/c14-8-13(5-1-2-6-13)9-17-20(18,19)10-3-4-12(16)11(15)7-10/h3-4,7,17H,1-2,5-6,8-9H2. The molecule has 1 aromatic carbocycles. The lowest BCUT2D eigenvalue weighted by molar-refractivity contribution is 0.347. The lowest BCUT2D eigenvalue weighted by Crippen LogP contribution is -2.37. The third-order valence-corrected chi connectivity index (χ3v) is 7.59. The van der Waals surface area contributed by atoms with Gasteiger partial charge in [-0.3, -0.25) is 0 Å². The molecule has 1 aliphatic carbocycles. The second-order valence-electron chi connectivity index (χ2n) is 5.24. The highest BCUT2D eigenvalue weighted by molar-refractivity contribution is 9.10. The highest BCUT2D eigenvalue weighted by Gasteiger charge is 2.34. The molecule has 3 nitrogen and oxygen atoms in total. The van der Waals surface area contributed by atoms with Crippen LogP contribution >= 0.6 is 43.5 Å². The highest BCUT2D eigenvalue weighted by Crippen LogP contribution is 2.39. The molecular formula is C13H16Br2ClNO2S. The highest BCUT2D eigenvalue weighted by atomic mass is 79.9. The molecule has 1 fully saturated rings. The van der Waals surface area contributed by atoms with Gasteiger partial charge in [-0.2, -0.15) is 0 Å². The second-order valence-corrected chi connectivity index (χ2v) is 8.83. The Labute approximate surface area is 141 Å². The van der Waals surface area contributed by atoms with E-state index in [1.807, 2.05) is 0 Å². The van der Waals surface area contributed by atoms with E-state index in [0.29, 0.717) is 16.0 Å². The number of hydrogen-bond donors (Lipinski definition) is 1. The van der Waals surface area contributed by atoms with Crippen molar-refractivity contribution in [3.8, 4) is 0 Å². The molecule has 0 aliphatic heterocycles. The summed E-state index contributed by atoms with van der Waals surface area (Å²) in [6.45, 7) is 0.473. The predicted molar refractivity (Wildman–Crippen MR) is 89.0 cm³/mol. The Morgan fingerprint density at radius 2 is 1.95 bits per heavy atom. The maximum atomic E-state index is 12.3. The van der Waals surface area contributed by atoms with Crippen molar-refractivity contribution in [2.45, 2.75) is 30.6 Å². The molecule has 0 aromatic heterocycles. The molecule has 0 saturated heterocycles. The smallest absolute Gasteiger partial charge is 0.211 e. The van der Waals surface area contributed by atoms with E-state index in [1.54, 1.807) is 6.07 Å². The zero-order chi connectivity index (χ0) is 14.8. The van der Waals surface area contributed by atoms with Gasteiger partial charge < -0.3 is 0 Å². The molecule has 0 bridgehead atoms. The molecule has 2 rings (SSSR count). The van der Waals surface area contributed by atoms with Gasteiger partial charge in [0.05, 0.1) is 9.92 Å². The summed E-state index contributed by atoms with van der Waals surface area (Å²) in [6.07, 6.45) is 4.45. The average Bonchev–Trinajstić information content (AvgIpc) is 2.89. The van der Waals surface area contributed by atoms with Crippen LogP contribution in [-0.4, -0.2) is 20.3 Å². The molecule has 0 unspecified atom stereocenters. The van der Waals surface area contributed by atoms with Gasteiger partial charge >= 0.3 is 0 Å². The quantitative estimate of drug-likeness (QED) is 0.686. The van der Waals surface area contributed by atoms with Crippen molar-refractivity contribution in [2.24, 2.45) is 5.41 Å². The molecule has 1 saturated carbocycles. The number of rotatable bonds is 5. The van der Waals surface area contributed by atoms with E-state index in [2.05, 4.69) is 36.6 Å². The normalized spacial score (nSPS) is 18.4. The third-order valence-electron chi connectivity index (χ3n) is 3.79. The molecule has 112 valence electrons. The fraction of sp³-hybridized carbons (Fsp3) is 0.538. The predicted octanol–water partition coefficient (Wildman–Crippen LogP) is 4.34. The Balaban J connectivity index is 2.13. The van der Waals surface area contributed by atoms with Crippen LogP contribution < -0.4 is 4.72 Å². The van der Waals surface area contributed by atoms with Crippen molar-refractivity contribution >= 4 is 53.5 Å². The molecule has 0 spiro atoms. The maximum absolute atomic E-state index is 12.3. The summed E-state index contributed by atoms with van der Waals surface area (Å²) in [7, 11) is -3.49. The van der Waals surface area contributed by atoms with E-state index in [1.165, 1.54) is 25.0 Å². The van der Waals surface area contributed by atoms with Crippen molar-refractivity contribution in [3.05, 3.63) is 27.7 Å². The van der Waals surface area contributed by atoms with E-state index in [4.69, 9.17) is 11.6 Å². The van der Waals surface area contributed by atoms with Gasteiger partial charge in [0.2, 0.25) is 10.0 Å². The van der Waals surface area contributed by atoms with Crippen LogP contribution in [-0.2, 0) is 10.0 Å². The molecule has 0 amide bonds.